The van der Waals surface area contributed by atoms with Crippen LogP contribution in [0.4, 0.5) is 0 Å². The first-order valence-corrected chi connectivity index (χ1v) is 9.85. The van der Waals surface area contributed by atoms with Crippen molar-refractivity contribution in [1.29, 1.82) is 0 Å². The quantitative estimate of drug-likeness (QED) is 0.261. The molecule has 0 amide bonds. The SMILES string of the molecule is CC1=[C-]CC=C1CC(C)C.CC1=[C-]CC=C1CC(C)C.CCCC.[Hf]. The van der Waals surface area contributed by atoms with Gasteiger partial charge in [-0.05, 0) is 0 Å². The molecule has 0 atom stereocenters. The van der Waals surface area contributed by atoms with Crippen LogP contribution in [-0.2, 0) is 25.8 Å². The summed E-state index contributed by atoms with van der Waals surface area (Å²) >= 11 is 0. The van der Waals surface area contributed by atoms with E-state index in [1.165, 1.54) is 48.0 Å². The Morgan fingerprint density at radius 3 is 1.24 bits per heavy atom. The van der Waals surface area contributed by atoms with E-state index in [9.17, 15) is 0 Å². The van der Waals surface area contributed by atoms with Crippen LogP contribution >= 0.6 is 0 Å². The first-order valence-electron chi connectivity index (χ1n) is 9.85. The van der Waals surface area contributed by atoms with Crippen molar-refractivity contribution in [2.24, 2.45) is 11.8 Å². The molecule has 0 unspecified atom stereocenters. The van der Waals surface area contributed by atoms with Crippen molar-refractivity contribution in [1.82, 2.24) is 0 Å². The molecule has 0 aromatic rings. The summed E-state index contributed by atoms with van der Waals surface area (Å²) in [5, 5.41) is 0. The standard InChI is InChI=1S/2C10H15.C4H10.Hf/c2*1-8(2)7-10-6-4-5-9(10)3;1-3-4-2;/h2*6,8H,4,7H2,1-3H3;3-4H2,1-2H3;/q2*-1;;. The second kappa shape index (κ2) is 16.0. The molecule has 1 heteroatoms. The first-order chi connectivity index (χ1) is 11.3. The van der Waals surface area contributed by atoms with Crippen LogP contribution in [0.1, 0.15) is 93.9 Å². The van der Waals surface area contributed by atoms with Crippen molar-refractivity contribution >= 4 is 0 Å². The summed E-state index contributed by atoms with van der Waals surface area (Å²) in [5.74, 6) is 1.56. The Kier molecular flexibility index (Phi) is 17.4. The molecule has 0 radical (unpaired) electrons. The number of hydrogen-bond donors (Lipinski definition) is 0. The maximum absolute atomic E-state index is 3.30. The van der Waals surface area contributed by atoms with Crippen LogP contribution in [0.15, 0.2) is 34.4 Å². The third kappa shape index (κ3) is 13.7. The monoisotopic (exact) mass is 508 g/mol. The molecule has 0 heterocycles. The third-order valence-electron chi connectivity index (χ3n) is 4.15. The van der Waals surface area contributed by atoms with Gasteiger partial charge in [-0.25, -0.2) is 11.1 Å². The zero-order valence-electron chi connectivity index (χ0n) is 18.1. The van der Waals surface area contributed by atoms with E-state index in [1.54, 1.807) is 0 Å². The van der Waals surface area contributed by atoms with E-state index in [1.807, 2.05) is 0 Å². The molecular weight excluding hydrogens is 467 g/mol. The van der Waals surface area contributed by atoms with Crippen molar-refractivity contribution < 1.29 is 25.8 Å². The third-order valence-corrected chi connectivity index (χ3v) is 4.15. The summed E-state index contributed by atoms with van der Waals surface area (Å²) in [6, 6.07) is 0. The summed E-state index contributed by atoms with van der Waals surface area (Å²) < 4.78 is 0. The summed E-state index contributed by atoms with van der Waals surface area (Å²) in [5.41, 5.74) is 5.76. The largest absolute Gasteiger partial charge is 0.269 e. The Hall–Kier alpha value is -0.170. The molecule has 0 bridgehead atoms. The van der Waals surface area contributed by atoms with Crippen LogP contribution in [0.3, 0.4) is 0 Å². The molecule has 2 aliphatic carbocycles. The molecule has 0 spiro atoms. The molecule has 0 aromatic carbocycles. The Labute approximate surface area is 177 Å². The van der Waals surface area contributed by atoms with E-state index in [2.05, 4.69) is 79.7 Å². The van der Waals surface area contributed by atoms with Gasteiger partial charge in [-0.2, -0.15) is 23.3 Å². The van der Waals surface area contributed by atoms with Crippen molar-refractivity contribution in [2.75, 3.05) is 0 Å². The minimum Gasteiger partial charge on any atom is -0.269 e. The van der Waals surface area contributed by atoms with E-state index in [0.717, 1.165) is 24.7 Å². The number of unbranched alkanes of at least 4 members (excludes halogenated alkanes) is 1. The zero-order chi connectivity index (χ0) is 18.5. The van der Waals surface area contributed by atoms with E-state index in [-0.39, 0.29) is 25.8 Å². The van der Waals surface area contributed by atoms with Crippen molar-refractivity contribution in [2.45, 2.75) is 93.9 Å². The van der Waals surface area contributed by atoms with E-state index >= 15 is 0 Å². The van der Waals surface area contributed by atoms with Crippen molar-refractivity contribution in [3.05, 3.63) is 46.6 Å². The van der Waals surface area contributed by atoms with Crippen molar-refractivity contribution in [3.8, 4) is 0 Å². The van der Waals surface area contributed by atoms with E-state index in [4.69, 9.17) is 0 Å². The van der Waals surface area contributed by atoms with Gasteiger partial charge in [-0.3, -0.25) is 12.2 Å². The van der Waals surface area contributed by atoms with Gasteiger partial charge < -0.3 is 0 Å². The Morgan fingerprint density at radius 2 is 1.08 bits per heavy atom. The molecule has 0 saturated heterocycles. The minimum atomic E-state index is 0. The average Bonchev–Trinajstić information content (AvgIpc) is 3.09. The number of hydrogen-bond acceptors (Lipinski definition) is 0. The maximum atomic E-state index is 3.30. The van der Waals surface area contributed by atoms with Gasteiger partial charge in [-0.1, -0.05) is 92.9 Å². The van der Waals surface area contributed by atoms with E-state index < -0.39 is 0 Å². The van der Waals surface area contributed by atoms with Gasteiger partial charge in [0, 0.05) is 25.8 Å². The molecule has 25 heavy (non-hydrogen) atoms. The molecule has 2 aliphatic rings. The molecule has 0 aliphatic heterocycles. The van der Waals surface area contributed by atoms with Gasteiger partial charge in [0.15, 0.2) is 0 Å². The second-order valence-electron chi connectivity index (χ2n) is 7.67. The Morgan fingerprint density at radius 1 is 0.760 bits per heavy atom. The zero-order valence-corrected chi connectivity index (χ0v) is 21.6. The fourth-order valence-electron chi connectivity index (χ4n) is 2.54. The Balaban J connectivity index is 0. The Bertz CT molecular complexity index is 414. The topological polar surface area (TPSA) is 0 Å². The summed E-state index contributed by atoms with van der Waals surface area (Å²) in [4.78, 5) is 0. The maximum Gasteiger partial charge on any atom is 0 e. The van der Waals surface area contributed by atoms with Crippen LogP contribution in [-0.4, -0.2) is 0 Å². The van der Waals surface area contributed by atoms with Crippen molar-refractivity contribution in [3.63, 3.8) is 0 Å². The van der Waals surface area contributed by atoms with Crippen LogP contribution in [0.25, 0.3) is 0 Å². The van der Waals surface area contributed by atoms with Gasteiger partial charge in [0.1, 0.15) is 0 Å². The van der Waals surface area contributed by atoms with Gasteiger partial charge >= 0.3 is 0 Å². The average molecular weight is 507 g/mol. The number of rotatable bonds is 5. The van der Waals surface area contributed by atoms with E-state index in [0.29, 0.717) is 0 Å². The smallest absolute Gasteiger partial charge is 0 e. The van der Waals surface area contributed by atoms with Crippen LogP contribution < -0.4 is 0 Å². The van der Waals surface area contributed by atoms with Gasteiger partial charge in [0.25, 0.3) is 0 Å². The summed E-state index contributed by atoms with van der Waals surface area (Å²) in [7, 11) is 0. The molecule has 0 nitrogen and oxygen atoms in total. The number of allylic oxidation sites excluding steroid dienone is 8. The molecule has 0 aromatic heterocycles. The minimum absolute atomic E-state index is 0. The second-order valence-corrected chi connectivity index (χ2v) is 7.67. The molecule has 2 rings (SSSR count). The molecule has 0 saturated carbocycles. The normalized spacial score (nSPS) is 15.3. The molecule has 142 valence electrons. The fraction of sp³-hybridized carbons (Fsp3) is 0.667. The predicted octanol–water partition coefficient (Wildman–Crippen LogP) is 8.03. The van der Waals surface area contributed by atoms with Crippen LogP contribution in [0, 0.1) is 24.0 Å². The predicted molar refractivity (Wildman–Crippen MR) is 110 cm³/mol. The fourth-order valence-corrected chi connectivity index (χ4v) is 2.54. The molecular formula is C24H40Hf-2. The summed E-state index contributed by atoms with van der Waals surface area (Å²) in [6.45, 7) is 17.7. The molecule has 0 fully saturated rings. The van der Waals surface area contributed by atoms with Gasteiger partial charge in [0.05, 0.1) is 0 Å². The first kappa shape index (κ1) is 27.1. The van der Waals surface area contributed by atoms with Crippen LogP contribution in [0.5, 0.6) is 0 Å². The summed E-state index contributed by atoms with van der Waals surface area (Å²) in [6.07, 6.45) is 18.3. The van der Waals surface area contributed by atoms with Crippen LogP contribution in [0.2, 0.25) is 0 Å². The van der Waals surface area contributed by atoms with Gasteiger partial charge in [-0.15, -0.1) is 12.8 Å². The van der Waals surface area contributed by atoms with Gasteiger partial charge in [0.2, 0.25) is 0 Å². The molecule has 0 N–H and O–H groups in total.